The first-order valence-corrected chi connectivity index (χ1v) is 40.7. The summed E-state index contributed by atoms with van der Waals surface area (Å²) < 4.78 is 0.925. The number of hydrogen-bond acceptors (Lipinski definition) is 22. The van der Waals surface area contributed by atoms with Gasteiger partial charge in [-0.2, -0.15) is 0 Å². The highest BCUT2D eigenvalue weighted by Crippen LogP contribution is 2.56. The van der Waals surface area contributed by atoms with Gasteiger partial charge in [0, 0.05) is 179 Å². The van der Waals surface area contributed by atoms with E-state index in [1.807, 2.05) is 117 Å². The van der Waals surface area contributed by atoms with Gasteiger partial charge in [-0.05, 0) is 193 Å². The minimum absolute atomic E-state index is 0.00335. The summed E-state index contributed by atoms with van der Waals surface area (Å²) in [5.41, 5.74) is 36.4. The van der Waals surface area contributed by atoms with E-state index >= 15 is 0 Å². The van der Waals surface area contributed by atoms with Crippen LogP contribution in [0.4, 0.5) is 45.5 Å². The highest BCUT2D eigenvalue weighted by atomic mass is 79.9. The summed E-state index contributed by atoms with van der Waals surface area (Å²) in [5, 5.41) is 86.8. The van der Waals surface area contributed by atoms with Crippen molar-refractivity contribution in [1.82, 2.24) is 41.2 Å². The predicted octanol–water partition coefficient (Wildman–Crippen LogP) is 19.6. The van der Waals surface area contributed by atoms with Gasteiger partial charge in [-0.3, -0.25) is 80.7 Å². The van der Waals surface area contributed by atoms with Crippen LogP contribution in [-0.4, -0.2) is 72.8 Å². The Kier molecular flexibility index (Phi) is 17.9. The van der Waals surface area contributed by atoms with Crippen molar-refractivity contribution >= 4 is 128 Å². The first-order chi connectivity index (χ1) is 61.0. The monoisotopic (exact) mass is 1730 g/mol. The van der Waals surface area contributed by atoms with Crippen LogP contribution in [0.25, 0.3) is 88.1 Å². The molecule has 8 heterocycles. The number of aromatic nitrogens is 4. The van der Waals surface area contributed by atoms with E-state index in [-0.39, 0.29) is 64.3 Å². The fraction of sp³-hybridized carbons (Fsp3) is 0.0968. The van der Waals surface area contributed by atoms with E-state index in [1.165, 1.54) is 53.1 Å². The largest absolute Gasteiger partial charge is 0.399 e. The van der Waals surface area contributed by atoms with Crippen LogP contribution in [-0.2, 0) is 0 Å². The lowest BCUT2D eigenvalue weighted by Crippen LogP contribution is -2.27. The average molecular weight is 1730 g/mol. The average Bonchev–Trinajstić information content (AvgIpc) is 1.56. The lowest BCUT2D eigenvalue weighted by molar-refractivity contribution is -0.385. The molecule has 0 radical (unpaired) electrons. The van der Waals surface area contributed by atoms with E-state index in [2.05, 4.69) is 93.5 Å². The lowest BCUT2D eigenvalue weighted by atomic mass is 9.79. The Hall–Kier alpha value is -16.8. The second-order valence-corrected chi connectivity index (χ2v) is 32.5. The summed E-state index contributed by atoms with van der Waals surface area (Å²) in [5.74, 6) is 2.84. The van der Waals surface area contributed by atoms with E-state index in [0.717, 1.165) is 166 Å². The Morgan fingerprint density at radius 2 is 0.571 bits per heavy atom. The first-order valence-electron chi connectivity index (χ1n) is 39.9. The molecule has 12 N–H and O–H groups in total. The molecule has 0 saturated carbocycles. The van der Waals surface area contributed by atoms with E-state index in [1.54, 1.807) is 72.8 Å². The Bertz CT molecular complexity index is 7630. The number of hydrogen-bond donors (Lipinski definition) is 10. The second-order valence-electron chi connectivity index (χ2n) is 31.6. The summed E-state index contributed by atoms with van der Waals surface area (Å²) in [7, 11) is 0. The van der Waals surface area contributed by atoms with Crippen LogP contribution in [0.5, 0.6) is 0 Å². The fourth-order valence-electron chi connectivity index (χ4n) is 19.0. The molecule has 0 saturated heterocycles. The van der Waals surface area contributed by atoms with Gasteiger partial charge in [0.05, 0.1) is 53.7 Å². The second kappa shape index (κ2) is 29.5. The number of nitrogens with zero attached hydrogens (tertiary/aromatic N) is 10. The van der Waals surface area contributed by atoms with Crippen molar-refractivity contribution in [2.24, 2.45) is 20.0 Å². The number of aromatic amines is 4. The van der Waals surface area contributed by atoms with Crippen LogP contribution in [0.1, 0.15) is 121 Å². The summed E-state index contributed by atoms with van der Waals surface area (Å²) in [4.78, 5) is 99.2. The number of non-ortho nitro benzene ring substituents is 6. The Labute approximate surface area is 719 Å². The van der Waals surface area contributed by atoms with Crippen molar-refractivity contribution in [3.05, 3.63) is 393 Å². The number of nitrogens with two attached hydrogens (primary N) is 2. The van der Waals surface area contributed by atoms with Gasteiger partial charge in [-0.25, -0.2) is 0 Å². The van der Waals surface area contributed by atoms with Crippen molar-refractivity contribution in [2.45, 2.75) is 55.3 Å². The highest BCUT2D eigenvalue weighted by Gasteiger charge is 2.46. The first kappa shape index (κ1) is 76.5. The lowest BCUT2D eigenvalue weighted by Gasteiger charge is -2.30. The molecule has 0 fully saturated rings. The van der Waals surface area contributed by atoms with Crippen LogP contribution in [0.3, 0.4) is 0 Å². The quantitative estimate of drug-likeness (QED) is 0.0345. The molecule has 4 aliphatic heterocycles. The zero-order valence-corrected chi connectivity index (χ0v) is 67.4. The minimum atomic E-state index is -0.457. The number of nitrogens with one attached hydrogen (secondary N) is 8. The predicted molar refractivity (Wildman–Crippen MR) is 483 cm³/mol. The molecule has 616 valence electrons. The normalized spacial score (nSPS) is 18.5. The van der Waals surface area contributed by atoms with Crippen molar-refractivity contribution in [2.75, 3.05) is 11.5 Å². The molecule has 4 aromatic heterocycles. The molecule has 33 heteroatoms. The van der Waals surface area contributed by atoms with Gasteiger partial charge in [0.1, 0.15) is 47.5 Å². The molecule has 0 amide bonds. The number of amidine groups is 4. The van der Waals surface area contributed by atoms with Crippen LogP contribution in [0.2, 0.25) is 0 Å². The molecular weight excluding hydrogens is 1670 g/mol. The number of nitrogen functional groups attached to an aromatic ring is 2. The van der Waals surface area contributed by atoms with Gasteiger partial charge >= 0.3 is 0 Å². The van der Waals surface area contributed by atoms with Gasteiger partial charge in [-0.1, -0.05) is 82.7 Å². The molecular formula is C93H65BrN20O12. The van der Waals surface area contributed by atoms with Crippen LogP contribution >= 0.6 is 15.9 Å². The van der Waals surface area contributed by atoms with E-state index in [0.29, 0.717) is 17.5 Å². The van der Waals surface area contributed by atoms with Crippen LogP contribution in [0, 0.1) is 67.6 Å². The molecule has 8 unspecified atom stereocenters. The maximum absolute atomic E-state index is 11.5. The van der Waals surface area contributed by atoms with Crippen LogP contribution < -0.4 is 32.7 Å². The summed E-state index contributed by atoms with van der Waals surface area (Å²) >= 11 is 3.50. The third-order valence-electron chi connectivity index (χ3n) is 24.6. The topological polar surface area (TPSA) is 472 Å². The molecule has 126 heavy (non-hydrogen) atoms. The van der Waals surface area contributed by atoms with Gasteiger partial charge < -0.3 is 52.7 Å². The van der Waals surface area contributed by atoms with Crippen molar-refractivity contribution < 1.29 is 29.5 Å². The SMILES string of the molecule is Cc1[nH]c2ccccc2c1C1=NC2c3cc([N+](=O)[O-])ccc3-c3ccc([N+](=O)[O-])cc3C2N1.Nc1ccc2c(c1)C1N=C(c3c[nH]c4ccccc34)NC1c1cc(N)ccc1-2.O=[N+]([O-])c1ccc2c(c1)C1N=C(c3c[nH]c4ccc(Br)cc34)NC1c1cc([N+](=O)[O-])ccc1-2.O=[N+]([O-])c1ccc2c(c1)C1N=C(c3c[nH]c4ccccc34)NC1c1cc([N+](=O)[O-])ccc1-2. The highest BCUT2D eigenvalue weighted by molar-refractivity contribution is 9.10. The van der Waals surface area contributed by atoms with E-state index < -0.39 is 47.7 Å². The number of nitro groups is 6. The molecule has 0 spiro atoms. The standard InChI is InChI=1S/C24H17N5O4.C23H14BrN5O4.C23H15N5O4.C23H19N5/c1-12-21(17-4-2-3-5-20(17)25-12)24-26-22-18-10-13(28(30)31)6-8-15(18)16-9-7-14(29(32)33)11-19(16)23(22)27-24;24-11-1-6-20-16(7-11)19(10-25-20)23-26-21-17-8-12(28(30)31)2-4-14(17)15-5-3-13(29(32)33)9-18(15)22(21)27-23;29-27(30)12-5-7-14-15-8-6-13(28(31)32)10-18(15)22-21(17(14)9-12)25-23(26-22)19-11-24-20-4-2-1-3-16(19)20;24-12-5-7-14-15-8-6-13(25)10-18(15)22-21(17(14)9-12)27-23(28-22)19-11-26-20-4-2-1-3-16(19)20/h2-11,22-23,25H,1H3,(H,26,27);1-10,21-22,25H,(H,26,27);1-11,21-22,24H,(H,25,26);1-11,21-22,26H,24-25H2,(H,27,28). The fourth-order valence-corrected chi connectivity index (χ4v) is 19.4. The maximum Gasteiger partial charge on any atom is 0.269 e. The third kappa shape index (κ3) is 12.7. The number of aliphatic imine (C=N–C) groups is 4. The molecule has 16 aromatic rings. The summed E-state index contributed by atoms with van der Waals surface area (Å²) in [6.07, 6.45) is 5.76. The molecule has 8 aliphatic rings. The minimum Gasteiger partial charge on any atom is -0.399 e. The smallest absolute Gasteiger partial charge is 0.269 e. The van der Waals surface area contributed by atoms with Crippen molar-refractivity contribution in [1.29, 1.82) is 0 Å². The van der Waals surface area contributed by atoms with Crippen molar-refractivity contribution in [3.8, 4) is 44.5 Å². The molecule has 32 nitrogen and oxygen atoms in total. The van der Waals surface area contributed by atoms with Gasteiger partial charge in [0.15, 0.2) is 0 Å². The van der Waals surface area contributed by atoms with Gasteiger partial charge in [0.25, 0.3) is 34.1 Å². The molecule has 0 bridgehead atoms. The number of H-pyrrole nitrogens is 4. The number of aryl methyl sites for hydroxylation is 1. The summed E-state index contributed by atoms with van der Waals surface area (Å²) in [6.45, 7) is 1.97. The van der Waals surface area contributed by atoms with Crippen molar-refractivity contribution in [3.63, 3.8) is 0 Å². The molecule has 24 rings (SSSR count). The molecule has 12 aromatic carbocycles. The van der Waals surface area contributed by atoms with Crippen LogP contribution in [0.15, 0.2) is 280 Å². The third-order valence-corrected chi connectivity index (χ3v) is 25.1. The number of halogens is 1. The Morgan fingerprint density at radius 3 is 0.944 bits per heavy atom. The number of rotatable bonds is 10. The number of fused-ring (bicyclic) bond motifs is 28. The number of para-hydroxylation sites is 3. The number of nitro benzene ring substituents is 6. The summed E-state index contributed by atoms with van der Waals surface area (Å²) in [6, 6.07) is 68.0. The molecule has 4 aliphatic carbocycles. The number of anilines is 2. The van der Waals surface area contributed by atoms with Gasteiger partial charge in [0.2, 0.25) is 0 Å². The van der Waals surface area contributed by atoms with E-state index in [9.17, 15) is 60.7 Å². The zero-order chi connectivity index (χ0) is 86.5. The molecule has 8 atom stereocenters. The van der Waals surface area contributed by atoms with E-state index in [4.69, 9.17) is 31.4 Å². The maximum atomic E-state index is 11.5. The van der Waals surface area contributed by atoms with Gasteiger partial charge in [-0.15, -0.1) is 0 Å². The Balaban J connectivity index is 0.000000103. The number of benzene rings is 12. The Morgan fingerprint density at radius 1 is 0.294 bits per heavy atom. The zero-order valence-electron chi connectivity index (χ0n) is 65.8.